The Kier molecular flexibility index (Phi) is 4.08. The van der Waals surface area contributed by atoms with E-state index < -0.39 is 0 Å². The maximum atomic E-state index is 13.1. The number of carbonyl (C=O) groups excluding carboxylic acids is 1. The third kappa shape index (κ3) is 2.98. The highest BCUT2D eigenvalue weighted by Crippen LogP contribution is 2.20. The minimum Gasteiger partial charge on any atom is -0.396 e. The number of aryl methyl sites for hydroxylation is 1. The number of carbonyl (C=O) groups is 1. The Labute approximate surface area is 124 Å². The number of hydrogen-bond acceptors (Lipinski definition) is 3. The summed E-state index contributed by atoms with van der Waals surface area (Å²) in [5, 5.41) is 6.86. The summed E-state index contributed by atoms with van der Waals surface area (Å²) in [5.41, 5.74) is 8.34. The number of aromatic nitrogens is 2. The summed E-state index contributed by atoms with van der Waals surface area (Å²) in [6, 6.07) is 4.28. The molecule has 0 saturated heterocycles. The van der Waals surface area contributed by atoms with Gasteiger partial charge in [0.2, 0.25) is 5.91 Å². The molecule has 0 bridgehead atoms. The fraction of sp³-hybridized carbons (Fsp3) is 0.231. The van der Waals surface area contributed by atoms with Crippen molar-refractivity contribution < 1.29 is 9.18 Å². The van der Waals surface area contributed by atoms with Crippen LogP contribution in [-0.4, -0.2) is 15.7 Å². The second-order valence-corrected chi connectivity index (χ2v) is 5.27. The molecule has 2 aromatic rings. The van der Waals surface area contributed by atoms with Crippen LogP contribution in [-0.2, 0) is 11.3 Å². The van der Waals surface area contributed by atoms with E-state index >= 15 is 0 Å². The molecule has 20 heavy (non-hydrogen) atoms. The summed E-state index contributed by atoms with van der Waals surface area (Å²) in [6.45, 7) is 3.64. The third-order valence-electron chi connectivity index (χ3n) is 2.93. The van der Waals surface area contributed by atoms with E-state index in [0.717, 1.165) is 5.69 Å². The van der Waals surface area contributed by atoms with Crippen molar-refractivity contribution in [3.63, 3.8) is 0 Å². The first kappa shape index (κ1) is 14.5. The van der Waals surface area contributed by atoms with Crippen LogP contribution < -0.4 is 11.1 Å². The molecule has 1 aromatic carbocycles. The van der Waals surface area contributed by atoms with Crippen LogP contribution in [0, 0.1) is 19.7 Å². The summed E-state index contributed by atoms with van der Waals surface area (Å²) >= 11 is 3.07. The van der Waals surface area contributed by atoms with Crippen LogP contribution in [0.2, 0.25) is 0 Å². The first-order valence-electron chi connectivity index (χ1n) is 5.93. The van der Waals surface area contributed by atoms with Gasteiger partial charge in [-0.05, 0) is 48.0 Å². The molecule has 0 aliphatic carbocycles. The number of rotatable bonds is 3. The van der Waals surface area contributed by atoms with Crippen LogP contribution in [0.5, 0.6) is 0 Å². The van der Waals surface area contributed by atoms with Gasteiger partial charge in [0.15, 0.2) is 0 Å². The molecule has 0 aliphatic heterocycles. The van der Waals surface area contributed by atoms with Crippen molar-refractivity contribution in [1.29, 1.82) is 0 Å². The van der Waals surface area contributed by atoms with E-state index in [9.17, 15) is 9.18 Å². The van der Waals surface area contributed by atoms with Gasteiger partial charge in [0, 0.05) is 5.69 Å². The van der Waals surface area contributed by atoms with Crippen LogP contribution in [0.1, 0.15) is 11.4 Å². The van der Waals surface area contributed by atoms with Crippen molar-refractivity contribution in [3.8, 4) is 0 Å². The summed E-state index contributed by atoms with van der Waals surface area (Å²) in [7, 11) is 0. The second kappa shape index (κ2) is 5.62. The van der Waals surface area contributed by atoms with Gasteiger partial charge in [0.1, 0.15) is 12.4 Å². The summed E-state index contributed by atoms with van der Waals surface area (Å²) in [4.78, 5) is 11.9. The monoisotopic (exact) mass is 340 g/mol. The van der Waals surface area contributed by atoms with Gasteiger partial charge in [0.25, 0.3) is 0 Å². The van der Waals surface area contributed by atoms with Gasteiger partial charge in [-0.15, -0.1) is 0 Å². The van der Waals surface area contributed by atoms with Gasteiger partial charge >= 0.3 is 0 Å². The second-order valence-electron chi connectivity index (χ2n) is 4.42. The fourth-order valence-corrected chi connectivity index (χ4v) is 2.15. The molecule has 0 aliphatic rings. The Morgan fingerprint density at radius 2 is 2.20 bits per heavy atom. The van der Waals surface area contributed by atoms with Crippen molar-refractivity contribution in [2.75, 3.05) is 11.1 Å². The maximum Gasteiger partial charge on any atom is 0.246 e. The first-order chi connectivity index (χ1) is 9.38. The maximum absolute atomic E-state index is 13.1. The molecule has 1 amide bonds. The molecule has 106 valence electrons. The van der Waals surface area contributed by atoms with E-state index in [0.29, 0.717) is 21.5 Å². The number of halogens is 2. The fourth-order valence-electron chi connectivity index (χ4n) is 1.78. The van der Waals surface area contributed by atoms with Gasteiger partial charge in [-0.2, -0.15) is 5.10 Å². The van der Waals surface area contributed by atoms with Crippen LogP contribution in [0.4, 0.5) is 15.8 Å². The largest absolute Gasteiger partial charge is 0.396 e. The lowest BCUT2D eigenvalue weighted by Gasteiger charge is -2.07. The quantitative estimate of drug-likeness (QED) is 0.901. The lowest BCUT2D eigenvalue weighted by Crippen LogP contribution is -2.20. The van der Waals surface area contributed by atoms with Crippen LogP contribution >= 0.6 is 15.9 Å². The van der Waals surface area contributed by atoms with E-state index in [1.165, 1.54) is 18.2 Å². The molecule has 2 rings (SSSR count). The normalized spacial score (nSPS) is 10.6. The molecule has 0 atom stereocenters. The predicted octanol–water partition coefficient (Wildman–Crippen LogP) is 2.62. The molecule has 0 unspecified atom stereocenters. The van der Waals surface area contributed by atoms with Gasteiger partial charge in [-0.1, -0.05) is 0 Å². The number of nitrogen functional groups attached to an aromatic ring is 1. The molecule has 1 heterocycles. The van der Waals surface area contributed by atoms with E-state index in [-0.39, 0.29) is 18.3 Å². The van der Waals surface area contributed by atoms with E-state index in [2.05, 4.69) is 26.3 Å². The van der Waals surface area contributed by atoms with Crippen molar-refractivity contribution in [2.45, 2.75) is 20.4 Å². The molecule has 7 heteroatoms. The first-order valence-corrected chi connectivity index (χ1v) is 6.72. The number of nitrogens with two attached hydrogens (primary N) is 1. The molecule has 0 spiro atoms. The van der Waals surface area contributed by atoms with Gasteiger partial charge < -0.3 is 11.1 Å². The van der Waals surface area contributed by atoms with Crippen LogP contribution in [0.25, 0.3) is 0 Å². The predicted molar refractivity (Wildman–Crippen MR) is 78.8 cm³/mol. The Balaban J connectivity index is 2.09. The Morgan fingerprint density at radius 1 is 1.50 bits per heavy atom. The number of amides is 1. The molecule has 0 fully saturated rings. The minimum absolute atomic E-state index is 0.0544. The van der Waals surface area contributed by atoms with Crippen molar-refractivity contribution in [3.05, 3.63) is 39.9 Å². The van der Waals surface area contributed by atoms with E-state index in [4.69, 9.17) is 5.73 Å². The third-order valence-corrected chi connectivity index (χ3v) is 3.54. The highest BCUT2D eigenvalue weighted by atomic mass is 79.9. The lowest BCUT2D eigenvalue weighted by atomic mass is 10.3. The molecule has 0 saturated carbocycles. The highest BCUT2D eigenvalue weighted by Gasteiger charge is 2.12. The van der Waals surface area contributed by atoms with Crippen molar-refractivity contribution in [2.24, 2.45) is 0 Å². The Hall–Kier alpha value is -1.89. The number of nitrogens with one attached hydrogen (secondary N) is 1. The van der Waals surface area contributed by atoms with Crippen molar-refractivity contribution in [1.82, 2.24) is 9.78 Å². The van der Waals surface area contributed by atoms with E-state index in [1.54, 1.807) is 18.5 Å². The SMILES string of the molecule is Cc1nn(CC(=O)Nc2ccc(F)c(Br)c2)c(C)c1N. The summed E-state index contributed by atoms with van der Waals surface area (Å²) in [6.07, 6.45) is 0. The summed E-state index contributed by atoms with van der Waals surface area (Å²) in [5.74, 6) is -0.636. The Bertz CT molecular complexity index is 669. The van der Waals surface area contributed by atoms with Crippen molar-refractivity contribution >= 4 is 33.2 Å². The van der Waals surface area contributed by atoms with Gasteiger partial charge in [-0.25, -0.2) is 4.39 Å². The topological polar surface area (TPSA) is 72.9 Å². The van der Waals surface area contributed by atoms with Crippen LogP contribution in [0.15, 0.2) is 22.7 Å². The molecule has 5 nitrogen and oxygen atoms in total. The highest BCUT2D eigenvalue weighted by molar-refractivity contribution is 9.10. The van der Waals surface area contributed by atoms with E-state index in [1.807, 2.05) is 0 Å². The van der Waals surface area contributed by atoms with Crippen LogP contribution in [0.3, 0.4) is 0 Å². The molecule has 1 aromatic heterocycles. The van der Waals surface area contributed by atoms with Gasteiger partial charge in [0.05, 0.1) is 21.5 Å². The standard InChI is InChI=1S/C13H14BrFN4O/c1-7-13(16)8(2)19(18-7)6-12(20)17-9-3-4-11(15)10(14)5-9/h3-5H,6,16H2,1-2H3,(H,17,20). The zero-order valence-corrected chi connectivity index (χ0v) is 12.7. The number of hydrogen-bond donors (Lipinski definition) is 2. The minimum atomic E-state index is -0.380. The average molecular weight is 341 g/mol. The number of anilines is 2. The average Bonchev–Trinajstić information content (AvgIpc) is 2.61. The zero-order valence-electron chi connectivity index (χ0n) is 11.1. The molecule has 0 radical (unpaired) electrons. The molecular formula is C13H14BrFN4O. The number of nitrogens with zero attached hydrogens (tertiary/aromatic N) is 2. The zero-order chi connectivity index (χ0) is 14.9. The Morgan fingerprint density at radius 3 is 2.75 bits per heavy atom. The smallest absolute Gasteiger partial charge is 0.246 e. The number of benzene rings is 1. The molecular weight excluding hydrogens is 327 g/mol. The lowest BCUT2D eigenvalue weighted by molar-refractivity contribution is -0.116. The molecule has 3 N–H and O–H groups in total. The summed E-state index contributed by atoms with van der Waals surface area (Å²) < 4.78 is 14.9. The van der Waals surface area contributed by atoms with Gasteiger partial charge in [-0.3, -0.25) is 9.48 Å².